The van der Waals surface area contributed by atoms with Gasteiger partial charge in [-0.3, -0.25) is 4.79 Å². The maximum atomic E-state index is 13.6. The van der Waals surface area contributed by atoms with Crippen LogP contribution in [0.1, 0.15) is 21.7 Å². The molecular formula is C16H10ClFO2. The minimum absolute atomic E-state index is 0.0931. The molecule has 0 radical (unpaired) electrons. The lowest BCUT2D eigenvalue weighted by Gasteiger charge is -2.03. The second-order valence-electron chi connectivity index (χ2n) is 4.56. The average Bonchev–Trinajstić information content (AvgIpc) is 2.86. The molecule has 0 fully saturated rings. The summed E-state index contributed by atoms with van der Waals surface area (Å²) in [4.78, 5) is 12.4. The summed E-state index contributed by atoms with van der Waals surface area (Å²) in [6.07, 6.45) is 0. The van der Waals surface area contributed by atoms with Crippen molar-refractivity contribution in [3.8, 4) is 0 Å². The van der Waals surface area contributed by atoms with Gasteiger partial charge >= 0.3 is 0 Å². The lowest BCUT2D eigenvalue weighted by Crippen LogP contribution is -2.02. The molecule has 0 bridgehead atoms. The lowest BCUT2D eigenvalue weighted by molar-refractivity contribution is 0.101. The van der Waals surface area contributed by atoms with Crippen molar-refractivity contribution < 1.29 is 13.6 Å². The molecule has 2 aromatic carbocycles. The van der Waals surface area contributed by atoms with Gasteiger partial charge in [0.2, 0.25) is 5.78 Å². The molecule has 4 heteroatoms. The fourth-order valence-electron chi connectivity index (χ4n) is 2.11. The SMILES string of the molecule is Cc1ccc(Cl)cc1C(=O)c1cc2cccc(F)c2o1. The van der Waals surface area contributed by atoms with Gasteiger partial charge in [-0.1, -0.05) is 29.8 Å². The minimum atomic E-state index is -0.482. The molecular weight excluding hydrogens is 279 g/mol. The number of halogens is 2. The molecule has 2 nitrogen and oxygen atoms in total. The van der Waals surface area contributed by atoms with Crippen LogP contribution < -0.4 is 0 Å². The van der Waals surface area contributed by atoms with Gasteiger partial charge in [-0.15, -0.1) is 0 Å². The molecule has 20 heavy (non-hydrogen) atoms. The predicted octanol–water partition coefficient (Wildman–Crippen LogP) is 4.76. The minimum Gasteiger partial charge on any atom is -0.449 e. The van der Waals surface area contributed by atoms with E-state index in [2.05, 4.69) is 0 Å². The van der Waals surface area contributed by atoms with Crippen LogP contribution in [0.4, 0.5) is 4.39 Å². The van der Waals surface area contributed by atoms with Gasteiger partial charge in [0.1, 0.15) is 0 Å². The zero-order valence-corrected chi connectivity index (χ0v) is 11.4. The molecule has 0 aliphatic heterocycles. The van der Waals surface area contributed by atoms with Gasteiger partial charge in [0.15, 0.2) is 17.2 Å². The topological polar surface area (TPSA) is 30.2 Å². The zero-order chi connectivity index (χ0) is 14.3. The number of carbonyl (C=O) groups excluding carboxylic acids is 1. The average molecular weight is 289 g/mol. The van der Waals surface area contributed by atoms with Crippen molar-refractivity contribution in [2.75, 3.05) is 0 Å². The highest BCUT2D eigenvalue weighted by Gasteiger charge is 2.18. The van der Waals surface area contributed by atoms with E-state index >= 15 is 0 Å². The van der Waals surface area contributed by atoms with Crippen LogP contribution >= 0.6 is 11.6 Å². The smallest absolute Gasteiger partial charge is 0.228 e. The van der Waals surface area contributed by atoms with Crippen LogP contribution in [0.25, 0.3) is 11.0 Å². The van der Waals surface area contributed by atoms with Crippen molar-refractivity contribution in [1.29, 1.82) is 0 Å². The summed E-state index contributed by atoms with van der Waals surface area (Å²) >= 11 is 5.91. The summed E-state index contributed by atoms with van der Waals surface area (Å²) in [6.45, 7) is 1.81. The number of benzene rings is 2. The molecule has 100 valence electrons. The summed E-state index contributed by atoms with van der Waals surface area (Å²) in [5.41, 5.74) is 1.34. The first-order chi connectivity index (χ1) is 9.56. The molecule has 0 saturated heterocycles. The quantitative estimate of drug-likeness (QED) is 0.636. The molecule has 3 aromatic rings. The number of carbonyl (C=O) groups is 1. The number of hydrogen-bond acceptors (Lipinski definition) is 2. The molecule has 1 heterocycles. The van der Waals surface area contributed by atoms with Crippen molar-refractivity contribution in [3.05, 3.63) is 70.2 Å². The first kappa shape index (κ1) is 12.9. The molecule has 0 unspecified atom stereocenters. The van der Waals surface area contributed by atoms with Gasteiger partial charge in [0.05, 0.1) is 0 Å². The van der Waals surface area contributed by atoms with Crippen LogP contribution in [-0.4, -0.2) is 5.78 Å². The van der Waals surface area contributed by atoms with Gasteiger partial charge in [-0.25, -0.2) is 4.39 Å². The van der Waals surface area contributed by atoms with E-state index in [9.17, 15) is 9.18 Å². The molecule has 0 N–H and O–H groups in total. The second kappa shape index (κ2) is 4.76. The van der Waals surface area contributed by atoms with E-state index in [4.69, 9.17) is 16.0 Å². The highest BCUT2D eigenvalue weighted by molar-refractivity contribution is 6.31. The molecule has 3 rings (SSSR count). The van der Waals surface area contributed by atoms with Crippen LogP contribution in [-0.2, 0) is 0 Å². The molecule has 0 amide bonds. The zero-order valence-electron chi connectivity index (χ0n) is 10.6. The Bertz CT molecular complexity index is 820. The molecule has 0 spiro atoms. The van der Waals surface area contributed by atoms with E-state index in [0.29, 0.717) is 16.0 Å². The third kappa shape index (κ3) is 2.10. The highest BCUT2D eigenvalue weighted by Crippen LogP contribution is 2.25. The third-order valence-electron chi connectivity index (χ3n) is 3.16. The van der Waals surface area contributed by atoms with Gasteiger partial charge in [-0.2, -0.15) is 0 Å². The Hall–Kier alpha value is -2.13. The van der Waals surface area contributed by atoms with Crippen LogP contribution in [0.3, 0.4) is 0 Å². The van der Waals surface area contributed by atoms with E-state index in [-0.39, 0.29) is 17.1 Å². The summed E-state index contributed by atoms with van der Waals surface area (Å²) in [5, 5.41) is 1.04. The standard InChI is InChI=1S/C16H10ClFO2/c1-9-5-6-11(17)8-12(9)15(19)14-7-10-3-2-4-13(18)16(10)20-14/h2-8H,1H3. The first-order valence-electron chi connectivity index (χ1n) is 6.05. The molecule has 0 aliphatic carbocycles. The van der Waals surface area contributed by atoms with E-state index in [0.717, 1.165) is 5.56 Å². The Morgan fingerprint density at radius 3 is 2.75 bits per heavy atom. The molecule has 1 aromatic heterocycles. The third-order valence-corrected chi connectivity index (χ3v) is 3.40. The van der Waals surface area contributed by atoms with Crippen LogP contribution in [0, 0.1) is 12.7 Å². The maximum absolute atomic E-state index is 13.6. The Balaban J connectivity index is 2.13. The Labute approximate surface area is 119 Å². The monoisotopic (exact) mass is 288 g/mol. The van der Waals surface area contributed by atoms with Gasteiger partial charge < -0.3 is 4.42 Å². The number of fused-ring (bicyclic) bond motifs is 1. The Morgan fingerprint density at radius 2 is 2.00 bits per heavy atom. The number of furan rings is 1. The number of para-hydroxylation sites is 1. The lowest BCUT2D eigenvalue weighted by atomic mass is 10.0. The van der Waals surface area contributed by atoms with Crippen LogP contribution in [0.2, 0.25) is 5.02 Å². The van der Waals surface area contributed by atoms with Crippen LogP contribution in [0.15, 0.2) is 46.9 Å². The number of aryl methyl sites for hydroxylation is 1. The highest BCUT2D eigenvalue weighted by atomic mass is 35.5. The number of ketones is 1. The van der Waals surface area contributed by atoms with Crippen molar-refractivity contribution in [2.24, 2.45) is 0 Å². The fraction of sp³-hybridized carbons (Fsp3) is 0.0625. The second-order valence-corrected chi connectivity index (χ2v) is 4.99. The van der Waals surface area contributed by atoms with Gasteiger partial charge in [0.25, 0.3) is 0 Å². The van der Waals surface area contributed by atoms with Crippen molar-refractivity contribution in [1.82, 2.24) is 0 Å². The first-order valence-corrected chi connectivity index (χ1v) is 6.43. The normalized spacial score (nSPS) is 10.9. The van der Waals surface area contributed by atoms with E-state index in [1.165, 1.54) is 6.07 Å². The molecule has 0 saturated carbocycles. The number of hydrogen-bond donors (Lipinski definition) is 0. The van der Waals surface area contributed by atoms with Gasteiger partial charge in [-0.05, 0) is 36.8 Å². The predicted molar refractivity (Wildman–Crippen MR) is 75.8 cm³/mol. The van der Waals surface area contributed by atoms with E-state index < -0.39 is 5.82 Å². The van der Waals surface area contributed by atoms with Crippen LogP contribution in [0.5, 0.6) is 0 Å². The van der Waals surface area contributed by atoms with Gasteiger partial charge in [0, 0.05) is 16.0 Å². The summed E-state index contributed by atoms with van der Waals surface area (Å²) in [5.74, 6) is -0.680. The fourth-order valence-corrected chi connectivity index (χ4v) is 2.28. The van der Waals surface area contributed by atoms with Crippen molar-refractivity contribution >= 4 is 28.4 Å². The Morgan fingerprint density at radius 1 is 1.20 bits per heavy atom. The summed E-state index contributed by atoms with van der Waals surface area (Å²) in [7, 11) is 0. The summed E-state index contributed by atoms with van der Waals surface area (Å²) < 4.78 is 18.9. The Kier molecular flexibility index (Phi) is 3.07. The maximum Gasteiger partial charge on any atom is 0.228 e. The number of rotatable bonds is 2. The summed E-state index contributed by atoms with van der Waals surface area (Å²) in [6, 6.07) is 11.2. The molecule has 0 atom stereocenters. The van der Waals surface area contributed by atoms with Crippen molar-refractivity contribution in [2.45, 2.75) is 6.92 Å². The van der Waals surface area contributed by atoms with E-state index in [1.807, 2.05) is 6.92 Å². The van der Waals surface area contributed by atoms with E-state index in [1.54, 1.807) is 36.4 Å². The largest absolute Gasteiger partial charge is 0.449 e. The van der Waals surface area contributed by atoms with Crippen molar-refractivity contribution in [3.63, 3.8) is 0 Å². The molecule has 0 aliphatic rings.